The van der Waals surface area contributed by atoms with Crippen molar-refractivity contribution in [1.29, 1.82) is 0 Å². The summed E-state index contributed by atoms with van der Waals surface area (Å²) in [4.78, 5) is 0. The summed E-state index contributed by atoms with van der Waals surface area (Å²) in [5.41, 5.74) is 7.31. The number of halogens is 2. The number of hydrogen-bond acceptors (Lipinski definition) is 1. The molecule has 96 valence electrons. The third-order valence-electron chi connectivity index (χ3n) is 2.97. The lowest BCUT2D eigenvalue weighted by atomic mass is 9.94. The highest BCUT2D eigenvalue weighted by atomic mass is 35.5. The predicted molar refractivity (Wildman–Crippen MR) is 76.8 cm³/mol. The highest BCUT2D eigenvalue weighted by molar-refractivity contribution is 6.42. The Morgan fingerprint density at radius 1 is 1.24 bits per heavy atom. The van der Waals surface area contributed by atoms with Crippen LogP contribution >= 0.6 is 23.2 Å². The maximum Gasteiger partial charge on any atom is 0.0595 e. The minimum Gasteiger partial charge on any atom is -0.327 e. The lowest BCUT2D eigenvalue weighted by Gasteiger charge is -2.17. The Morgan fingerprint density at radius 2 is 1.94 bits per heavy atom. The van der Waals surface area contributed by atoms with Crippen molar-refractivity contribution < 1.29 is 0 Å². The van der Waals surface area contributed by atoms with Crippen molar-refractivity contribution in [1.82, 2.24) is 0 Å². The molecule has 0 amide bonds. The first-order chi connectivity index (χ1) is 8.02. The van der Waals surface area contributed by atoms with Crippen LogP contribution in [0.15, 0.2) is 18.2 Å². The first kappa shape index (κ1) is 14.8. The Kier molecular flexibility index (Phi) is 6.32. The summed E-state index contributed by atoms with van der Waals surface area (Å²) in [5.74, 6) is 0.692. The molecule has 2 atom stereocenters. The summed E-state index contributed by atoms with van der Waals surface area (Å²) < 4.78 is 0. The molecular weight excluding hydrogens is 253 g/mol. The van der Waals surface area contributed by atoms with Crippen molar-refractivity contribution >= 4 is 23.2 Å². The monoisotopic (exact) mass is 273 g/mol. The fourth-order valence-corrected chi connectivity index (χ4v) is 2.50. The van der Waals surface area contributed by atoms with Crippen LogP contribution in [-0.2, 0) is 6.42 Å². The molecule has 17 heavy (non-hydrogen) atoms. The summed E-state index contributed by atoms with van der Waals surface area (Å²) in [6, 6.07) is 5.95. The Bertz CT molecular complexity index is 352. The molecule has 3 heteroatoms. The van der Waals surface area contributed by atoms with Gasteiger partial charge in [-0.1, -0.05) is 56.0 Å². The van der Waals surface area contributed by atoms with Crippen molar-refractivity contribution in [2.24, 2.45) is 11.7 Å². The van der Waals surface area contributed by atoms with E-state index in [9.17, 15) is 0 Å². The topological polar surface area (TPSA) is 26.0 Å². The highest BCUT2D eigenvalue weighted by Gasteiger charge is 2.10. The van der Waals surface area contributed by atoms with Gasteiger partial charge in [-0.05, 0) is 36.5 Å². The van der Waals surface area contributed by atoms with Gasteiger partial charge in [-0.25, -0.2) is 0 Å². The molecule has 0 aromatic heterocycles. The van der Waals surface area contributed by atoms with Gasteiger partial charge in [0.25, 0.3) is 0 Å². The molecule has 2 unspecified atom stereocenters. The van der Waals surface area contributed by atoms with Gasteiger partial charge in [0.1, 0.15) is 0 Å². The van der Waals surface area contributed by atoms with E-state index in [-0.39, 0.29) is 6.04 Å². The zero-order valence-electron chi connectivity index (χ0n) is 10.5. The molecule has 1 nitrogen and oxygen atoms in total. The fraction of sp³-hybridized carbons (Fsp3) is 0.571. The second-order valence-electron chi connectivity index (χ2n) is 4.84. The standard InChI is InChI=1S/C14H21Cl2N/c1-3-4-10(2)7-12(17)8-11-5-6-13(15)14(16)9-11/h5-6,9-10,12H,3-4,7-8,17H2,1-2H3. The molecule has 2 N–H and O–H groups in total. The Morgan fingerprint density at radius 3 is 2.53 bits per heavy atom. The van der Waals surface area contributed by atoms with Gasteiger partial charge in [0.05, 0.1) is 10.0 Å². The van der Waals surface area contributed by atoms with E-state index in [1.54, 1.807) is 0 Å². The first-order valence-corrected chi connectivity index (χ1v) is 6.98. The predicted octanol–water partition coefficient (Wildman–Crippen LogP) is 4.69. The molecule has 0 bridgehead atoms. The van der Waals surface area contributed by atoms with Gasteiger partial charge in [-0.2, -0.15) is 0 Å². The van der Waals surface area contributed by atoms with Crippen molar-refractivity contribution in [2.45, 2.75) is 45.6 Å². The molecular formula is C14H21Cl2N. The quantitative estimate of drug-likeness (QED) is 0.800. The van der Waals surface area contributed by atoms with Crippen LogP contribution in [0.1, 0.15) is 38.7 Å². The summed E-state index contributed by atoms with van der Waals surface area (Å²) in [5, 5.41) is 1.21. The Labute approximate surface area is 114 Å². The van der Waals surface area contributed by atoms with Gasteiger partial charge in [-0.3, -0.25) is 0 Å². The SMILES string of the molecule is CCCC(C)CC(N)Cc1ccc(Cl)c(Cl)c1. The van der Waals surface area contributed by atoms with E-state index in [2.05, 4.69) is 13.8 Å². The van der Waals surface area contributed by atoms with Crippen LogP contribution in [-0.4, -0.2) is 6.04 Å². The number of benzene rings is 1. The summed E-state index contributed by atoms with van der Waals surface area (Å²) in [6.07, 6.45) is 4.40. The van der Waals surface area contributed by atoms with E-state index in [1.807, 2.05) is 18.2 Å². The maximum absolute atomic E-state index is 6.15. The summed E-state index contributed by atoms with van der Waals surface area (Å²) in [6.45, 7) is 4.47. The molecule has 0 saturated heterocycles. The van der Waals surface area contributed by atoms with Crippen molar-refractivity contribution in [2.75, 3.05) is 0 Å². The molecule has 0 aliphatic rings. The zero-order chi connectivity index (χ0) is 12.8. The second kappa shape index (κ2) is 7.25. The minimum atomic E-state index is 0.203. The van der Waals surface area contributed by atoms with Gasteiger partial charge >= 0.3 is 0 Å². The van der Waals surface area contributed by atoms with Crippen LogP contribution in [0.3, 0.4) is 0 Å². The summed E-state index contributed by atoms with van der Waals surface area (Å²) in [7, 11) is 0. The molecule has 0 aliphatic heterocycles. The van der Waals surface area contributed by atoms with E-state index >= 15 is 0 Å². The van der Waals surface area contributed by atoms with Crippen molar-refractivity contribution in [3.8, 4) is 0 Å². The second-order valence-corrected chi connectivity index (χ2v) is 5.66. The average Bonchev–Trinajstić information content (AvgIpc) is 2.23. The Balaban J connectivity index is 2.50. The molecule has 1 aromatic carbocycles. The molecule has 0 saturated carbocycles. The maximum atomic E-state index is 6.15. The average molecular weight is 274 g/mol. The largest absolute Gasteiger partial charge is 0.327 e. The van der Waals surface area contributed by atoms with E-state index in [4.69, 9.17) is 28.9 Å². The van der Waals surface area contributed by atoms with Crippen LogP contribution in [0.5, 0.6) is 0 Å². The molecule has 0 radical (unpaired) electrons. The van der Waals surface area contributed by atoms with Crippen molar-refractivity contribution in [3.63, 3.8) is 0 Å². The molecule has 1 aromatic rings. The lowest BCUT2D eigenvalue weighted by Crippen LogP contribution is -2.25. The molecule has 0 heterocycles. The third-order valence-corrected chi connectivity index (χ3v) is 3.71. The first-order valence-electron chi connectivity index (χ1n) is 6.22. The van der Waals surface area contributed by atoms with Crippen molar-refractivity contribution in [3.05, 3.63) is 33.8 Å². The molecule has 1 rings (SSSR count). The fourth-order valence-electron chi connectivity index (χ4n) is 2.18. The number of nitrogens with two attached hydrogens (primary N) is 1. The van der Waals surface area contributed by atoms with Gasteiger partial charge in [0.2, 0.25) is 0 Å². The van der Waals surface area contributed by atoms with Gasteiger partial charge in [0, 0.05) is 6.04 Å². The van der Waals surface area contributed by atoms with Gasteiger partial charge < -0.3 is 5.73 Å². The van der Waals surface area contributed by atoms with E-state index in [1.165, 1.54) is 12.8 Å². The zero-order valence-corrected chi connectivity index (χ0v) is 12.1. The number of hydrogen-bond donors (Lipinski definition) is 1. The van der Waals surface area contributed by atoms with E-state index in [0.29, 0.717) is 16.0 Å². The van der Waals surface area contributed by atoms with E-state index < -0.39 is 0 Å². The van der Waals surface area contributed by atoms with E-state index in [0.717, 1.165) is 18.4 Å². The van der Waals surface area contributed by atoms with Gasteiger partial charge in [0.15, 0.2) is 0 Å². The normalized spacial score (nSPS) is 14.6. The Hall–Kier alpha value is -0.240. The molecule has 0 fully saturated rings. The number of rotatable bonds is 6. The van der Waals surface area contributed by atoms with Crippen LogP contribution in [0, 0.1) is 5.92 Å². The highest BCUT2D eigenvalue weighted by Crippen LogP contribution is 2.23. The summed E-state index contributed by atoms with van der Waals surface area (Å²) >= 11 is 11.9. The van der Waals surface area contributed by atoms with Crippen LogP contribution in [0.4, 0.5) is 0 Å². The van der Waals surface area contributed by atoms with Gasteiger partial charge in [-0.15, -0.1) is 0 Å². The molecule has 0 spiro atoms. The van der Waals surface area contributed by atoms with Crippen LogP contribution in [0.2, 0.25) is 10.0 Å². The smallest absolute Gasteiger partial charge is 0.0595 e. The third kappa shape index (κ3) is 5.29. The minimum absolute atomic E-state index is 0.203. The van der Waals surface area contributed by atoms with Crippen LogP contribution in [0.25, 0.3) is 0 Å². The lowest BCUT2D eigenvalue weighted by molar-refractivity contribution is 0.431. The van der Waals surface area contributed by atoms with Crippen LogP contribution < -0.4 is 5.73 Å². The molecule has 0 aliphatic carbocycles.